The minimum atomic E-state index is -0.0342. The number of carbonyl (C=O) groups is 1. The van der Waals surface area contributed by atoms with E-state index in [1.165, 1.54) is 0 Å². The van der Waals surface area contributed by atoms with E-state index in [9.17, 15) is 4.79 Å². The maximum absolute atomic E-state index is 11.2. The minimum Gasteiger partial charge on any atom is -0.273 e. The maximum atomic E-state index is 11.2. The molecule has 0 saturated heterocycles. The SMILES string of the molecule is CCCCC(=O)N/N=C/c1cccc(Br)c1. The van der Waals surface area contributed by atoms with E-state index in [0.29, 0.717) is 6.42 Å². The quantitative estimate of drug-likeness (QED) is 0.654. The van der Waals surface area contributed by atoms with Gasteiger partial charge in [0.15, 0.2) is 0 Å². The van der Waals surface area contributed by atoms with Crippen LogP contribution < -0.4 is 5.43 Å². The number of hydrazone groups is 1. The number of nitrogens with zero attached hydrogens (tertiary/aromatic N) is 1. The van der Waals surface area contributed by atoms with Gasteiger partial charge in [-0.2, -0.15) is 5.10 Å². The van der Waals surface area contributed by atoms with Crippen molar-refractivity contribution in [2.24, 2.45) is 5.10 Å². The zero-order valence-corrected chi connectivity index (χ0v) is 10.8. The van der Waals surface area contributed by atoms with Crippen molar-refractivity contribution < 1.29 is 4.79 Å². The van der Waals surface area contributed by atoms with Crippen LogP contribution in [0, 0.1) is 0 Å². The van der Waals surface area contributed by atoms with Crippen LogP contribution in [0.25, 0.3) is 0 Å². The fourth-order valence-corrected chi connectivity index (χ4v) is 1.58. The van der Waals surface area contributed by atoms with Crippen LogP contribution in [0.3, 0.4) is 0 Å². The summed E-state index contributed by atoms with van der Waals surface area (Å²) >= 11 is 3.37. The molecule has 1 amide bonds. The first-order chi connectivity index (χ1) is 7.72. The van der Waals surface area contributed by atoms with E-state index in [0.717, 1.165) is 22.9 Å². The maximum Gasteiger partial charge on any atom is 0.240 e. The van der Waals surface area contributed by atoms with Gasteiger partial charge in [-0.1, -0.05) is 41.4 Å². The third kappa shape index (κ3) is 5.07. The standard InChI is InChI=1S/C12H15BrN2O/c1-2-3-7-12(16)15-14-9-10-5-4-6-11(13)8-10/h4-6,8-9H,2-3,7H2,1H3,(H,15,16)/b14-9+. The van der Waals surface area contributed by atoms with E-state index in [2.05, 4.69) is 33.4 Å². The molecule has 0 aliphatic heterocycles. The molecule has 0 atom stereocenters. The van der Waals surface area contributed by atoms with Crippen LogP contribution >= 0.6 is 15.9 Å². The molecule has 1 N–H and O–H groups in total. The van der Waals surface area contributed by atoms with Crippen LogP contribution in [0.1, 0.15) is 31.7 Å². The molecular weight excluding hydrogens is 268 g/mol. The summed E-state index contributed by atoms with van der Waals surface area (Å²) in [7, 11) is 0. The van der Waals surface area contributed by atoms with Gasteiger partial charge in [-0.15, -0.1) is 0 Å². The highest BCUT2D eigenvalue weighted by Gasteiger charge is 1.96. The van der Waals surface area contributed by atoms with Gasteiger partial charge in [-0.05, 0) is 24.1 Å². The summed E-state index contributed by atoms with van der Waals surface area (Å²) in [4.78, 5) is 11.2. The average molecular weight is 283 g/mol. The minimum absolute atomic E-state index is 0.0342. The molecule has 0 spiro atoms. The van der Waals surface area contributed by atoms with Crippen molar-refractivity contribution in [1.29, 1.82) is 0 Å². The van der Waals surface area contributed by atoms with E-state index < -0.39 is 0 Å². The summed E-state index contributed by atoms with van der Waals surface area (Å²) in [6.45, 7) is 2.05. The number of rotatable bonds is 5. The Balaban J connectivity index is 2.40. The lowest BCUT2D eigenvalue weighted by molar-refractivity contribution is -0.121. The van der Waals surface area contributed by atoms with Crippen LogP contribution in [-0.4, -0.2) is 12.1 Å². The van der Waals surface area contributed by atoms with Crippen molar-refractivity contribution in [3.63, 3.8) is 0 Å². The van der Waals surface area contributed by atoms with Crippen molar-refractivity contribution in [2.45, 2.75) is 26.2 Å². The zero-order valence-electron chi connectivity index (χ0n) is 9.24. The molecule has 0 fully saturated rings. The molecule has 0 aromatic heterocycles. The second-order valence-corrected chi connectivity index (χ2v) is 4.37. The fraction of sp³-hybridized carbons (Fsp3) is 0.333. The highest BCUT2D eigenvalue weighted by Crippen LogP contribution is 2.09. The van der Waals surface area contributed by atoms with Crippen LogP contribution in [0.15, 0.2) is 33.8 Å². The van der Waals surface area contributed by atoms with Gasteiger partial charge < -0.3 is 0 Å². The first-order valence-corrected chi connectivity index (χ1v) is 6.09. The summed E-state index contributed by atoms with van der Waals surface area (Å²) in [6.07, 6.45) is 4.09. The van der Waals surface area contributed by atoms with Gasteiger partial charge in [0.2, 0.25) is 5.91 Å². The Kier molecular flexibility index (Phi) is 5.78. The van der Waals surface area contributed by atoms with E-state index in [-0.39, 0.29) is 5.91 Å². The topological polar surface area (TPSA) is 41.5 Å². The molecule has 4 heteroatoms. The molecule has 0 saturated carbocycles. The molecule has 0 aliphatic carbocycles. The third-order valence-corrected chi connectivity index (χ3v) is 2.50. The average Bonchev–Trinajstić information content (AvgIpc) is 2.26. The van der Waals surface area contributed by atoms with Crippen LogP contribution in [0.2, 0.25) is 0 Å². The van der Waals surface area contributed by atoms with Gasteiger partial charge in [0.1, 0.15) is 0 Å². The summed E-state index contributed by atoms with van der Waals surface area (Å²) in [5.74, 6) is -0.0342. The zero-order chi connectivity index (χ0) is 11.8. The molecule has 1 aromatic carbocycles. The lowest BCUT2D eigenvalue weighted by Crippen LogP contribution is -2.16. The van der Waals surface area contributed by atoms with Gasteiger partial charge in [-0.25, -0.2) is 5.43 Å². The Morgan fingerprint density at radius 1 is 1.56 bits per heavy atom. The molecule has 0 radical (unpaired) electrons. The van der Waals surface area contributed by atoms with Gasteiger partial charge in [-0.3, -0.25) is 4.79 Å². The van der Waals surface area contributed by atoms with E-state index in [1.807, 2.05) is 24.3 Å². The Morgan fingerprint density at radius 2 is 2.38 bits per heavy atom. The molecule has 16 heavy (non-hydrogen) atoms. The number of unbranched alkanes of at least 4 members (excludes halogenated alkanes) is 1. The van der Waals surface area contributed by atoms with Crippen molar-refractivity contribution in [3.8, 4) is 0 Å². The largest absolute Gasteiger partial charge is 0.273 e. The van der Waals surface area contributed by atoms with E-state index >= 15 is 0 Å². The first-order valence-electron chi connectivity index (χ1n) is 5.30. The number of hydrogen-bond acceptors (Lipinski definition) is 2. The molecule has 0 aliphatic rings. The van der Waals surface area contributed by atoms with Crippen molar-refractivity contribution in [2.75, 3.05) is 0 Å². The molecule has 0 heterocycles. The van der Waals surface area contributed by atoms with Gasteiger partial charge in [0.25, 0.3) is 0 Å². The Bertz CT molecular complexity index is 377. The van der Waals surface area contributed by atoms with Crippen LogP contribution in [0.5, 0.6) is 0 Å². The van der Waals surface area contributed by atoms with Crippen molar-refractivity contribution in [3.05, 3.63) is 34.3 Å². The normalized spacial score (nSPS) is 10.6. The molecular formula is C12H15BrN2O. The molecule has 1 rings (SSSR count). The molecule has 1 aromatic rings. The summed E-state index contributed by atoms with van der Waals surface area (Å²) in [6, 6.07) is 7.72. The highest BCUT2D eigenvalue weighted by atomic mass is 79.9. The summed E-state index contributed by atoms with van der Waals surface area (Å²) in [5.41, 5.74) is 3.45. The third-order valence-electron chi connectivity index (χ3n) is 2.01. The van der Waals surface area contributed by atoms with Crippen molar-refractivity contribution in [1.82, 2.24) is 5.43 Å². The van der Waals surface area contributed by atoms with Crippen LogP contribution in [-0.2, 0) is 4.79 Å². The number of amides is 1. The summed E-state index contributed by atoms with van der Waals surface area (Å²) in [5, 5.41) is 3.89. The van der Waals surface area contributed by atoms with Crippen LogP contribution in [0.4, 0.5) is 0 Å². The molecule has 3 nitrogen and oxygen atoms in total. The Labute approximate surface area is 104 Å². The van der Waals surface area contributed by atoms with Gasteiger partial charge in [0.05, 0.1) is 6.21 Å². The number of nitrogens with one attached hydrogen (secondary N) is 1. The van der Waals surface area contributed by atoms with E-state index in [4.69, 9.17) is 0 Å². The molecule has 0 bridgehead atoms. The second kappa shape index (κ2) is 7.17. The monoisotopic (exact) mass is 282 g/mol. The summed E-state index contributed by atoms with van der Waals surface area (Å²) < 4.78 is 0.994. The number of halogens is 1. The molecule has 0 unspecified atom stereocenters. The second-order valence-electron chi connectivity index (χ2n) is 3.45. The lowest BCUT2D eigenvalue weighted by atomic mass is 10.2. The van der Waals surface area contributed by atoms with Gasteiger partial charge >= 0.3 is 0 Å². The predicted molar refractivity (Wildman–Crippen MR) is 69.4 cm³/mol. The Hall–Kier alpha value is -1.16. The number of carbonyl (C=O) groups excluding carboxylic acids is 1. The van der Waals surface area contributed by atoms with Crippen molar-refractivity contribution >= 4 is 28.1 Å². The Morgan fingerprint density at radius 3 is 3.06 bits per heavy atom. The fourth-order valence-electron chi connectivity index (χ4n) is 1.16. The lowest BCUT2D eigenvalue weighted by Gasteiger charge is -1.98. The molecule has 86 valence electrons. The number of benzene rings is 1. The first kappa shape index (κ1) is 12.9. The predicted octanol–water partition coefficient (Wildman–Crippen LogP) is 3.09. The highest BCUT2D eigenvalue weighted by molar-refractivity contribution is 9.10. The van der Waals surface area contributed by atoms with E-state index in [1.54, 1.807) is 6.21 Å². The number of hydrogen-bond donors (Lipinski definition) is 1. The van der Waals surface area contributed by atoms with Gasteiger partial charge in [0, 0.05) is 10.9 Å². The smallest absolute Gasteiger partial charge is 0.240 e.